The topological polar surface area (TPSA) is 20.3 Å². The zero-order valence-electron chi connectivity index (χ0n) is 10.9. The van der Waals surface area contributed by atoms with Crippen molar-refractivity contribution in [2.24, 2.45) is 5.92 Å². The van der Waals surface area contributed by atoms with Gasteiger partial charge in [-0.1, -0.05) is 31.4 Å². The number of carbonyl (C=O) groups excluding carboxylic acids is 1. The number of hydrogen-bond donors (Lipinski definition) is 0. The zero-order chi connectivity index (χ0) is 13.0. The summed E-state index contributed by atoms with van der Waals surface area (Å²) in [4.78, 5) is 14.0. The van der Waals surface area contributed by atoms with Crippen LogP contribution in [0.15, 0.2) is 24.3 Å². The highest BCUT2D eigenvalue weighted by Gasteiger charge is 2.23. The maximum Gasteiger partial charge on any atom is 0.225 e. The third-order valence-electron chi connectivity index (χ3n) is 3.66. The van der Waals surface area contributed by atoms with Gasteiger partial charge in [0.05, 0.1) is 0 Å². The monoisotopic (exact) mass is 249 g/mol. The van der Waals surface area contributed by atoms with Gasteiger partial charge < -0.3 is 4.90 Å². The Hall–Kier alpha value is -1.38. The van der Waals surface area contributed by atoms with Crippen molar-refractivity contribution in [2.75, 3.05) is 7.05 Å². The van der Waals surface area contributed by atoms with Gasteiger partial charge in [-0.2, -0.15) is 0 Å². The second-order valence-electron chi connectivity index (χ2n) is 5.16. The summed E-state index contributed by atoms with van der Waals surface area (Å²) in [6, 6.07) is 6.35. The van der Waals surface area contributed by atoms with E-state index >= 15 is 0 Å². The fraction of sp³-hybridized carbons (Fsp3) is 0.533. The molecule has 0 saturated heterocycles. The summed E-state index contributed by atoms with van der Waals surface area (Å²) in [5, 5.41) is 0. The highest BCUT2D eigenvalue weighted by molar-refractivity contribution is 5.78. The van der Waals surface area contributed by atoms with Crippen LogP contribution < -0.4 is 0 Å². The molecule has 1 aromatic rings. The van der Waals surface area contributed by atoms with Crippen LogP contribution in [0.1, 0.15) is 37.7 Å². The van der Waals surface area contributed by atoms with Crippen molar-refractivity contribution in [3.63, 3.8) is 0 Å². The van der Waals surface area contributed by atoms with Gasteiger partial charge in [-0.15, -0.1) is 0 Å². The minimum Gasteiger partial charge on any atom is -0.341 e. The maximum atomic E-state index is 12.8. The van der Waals surface area contributed by atoms with Gasteiger partial charge in [-0.05, 0) is 30.5 Å². The first-order valence-corrected chi connectivity index (χ1v) is 6.66. The predicted octanol–water partition coefficient (Wildman–Crippen LogP) is 3.36. The molecule has 2 nitrogen and oxygen atoms in total. The van der Waals surface area contributed by atoms with Crippen LogP contribution in [0, 0.1) is 11.7 Å². The summed E-state index contributed by atoms with van der Waals surface area (Å²) in [6.45, 7) is 0.565. The highest BCUT2D eigenvalue weighted by atomic mass is 19.1. The van der Waals surface area contributed by atoms with Crippen molar-refractivity contribution in [1.82, 2.24) is 4.90 Å². The molecule has 0 N–H and O–H groups in total. The molecule has 2 rings (SSSR count). The highest BCUT2D eigenvalue weighted by Crippen LogP contribution is 2.25. The molecule has 1 amide bonds. The van der Waals surface area contributed by atoms with Gasteiger partial charge in [0.2, 0.25) is 5.91 Å². The van der Waals surface area contributed by atoms with E-state index in [1.54, 1.807) is 17.0 Å². The molecular weight excluding hydrogens is 229 g/mol. The third-order valence-corrected chi connectivity index (χ3v) is 3.66. The fourth-order valence-corrected chi connectivity index (χ4v) is 2.60. The van der Waals surface area contributed by atoms with Gasteiger partial charge >= 0.3 is 0 Å². The standard InChI is InChI=1S/C15H20FNO/c1-17(11-12-7-9-14(16)10-8-12)15(18)13-5-3-2-4-6-13/h7-10,13H,2-6,11H2,1H3. The van der Waals surface area contributed by atoms with Crippen LogP contribution in [-0.2, 0) is 11.3 Å². The van der Waals surface area contributed by atoms with E-state index in [4.69, 9.17) is 0 Å². The first-order chi connectivity index (χ1) is 8.66. The number of nitrogens with zero attached hydrogens (tertiary/aromatic N) is 1. The second-order valence-corrected chi connectivity index (χ2v) is 5.16. The van der Waals surface area contributed by atoms with Crippen molar-refractivity contribution in [1.29, 1.82) is 0 Å². The van der Waals surface area contributed by atoms with Gasteiger partial charge in [0.25, 0.3) is 0 Å². The average Bonchev–Trinajstić information content (AvgIpc) is 2.41. The van der Waals surface area contributed by atoms with Gasteiger partial charge in [0, 0.05) is 19.5 Å². The molecule has 0 aliphatic heterocycles. The van der Waals surface area contributed by atoms with Crippen LogP contribution in [0.3, 0.4) is 0 Å². The predicted molar refractivity (Wildman–Crippen MR) is 69.4 cm³/mol. The molecule has 0 atom stereocenters. The van der Waals surface area contributed by atoms with Crippen LogP contribution >= 0.6 is 0 Å². The van der Waals surface area contributed by atoms with Crippen LogP contribution in [0.25, 0.3) is 0 Å². The average molecular weight is 249 g/mol. The summed E-state index contributed by atoms with van der Waals surface area (Å²) in [5.41, 5.74) is 0.975. The van der Waals surface area contributed by atoms with Crippen molar-refractivity contribution >= 4 is 5.91 Å². The Bertz CT molecular complexity index is 395. The Morgan fingerprint density at radius 3 is 2.44 bits per heavy atom. The summed E-state index contributed by atoms with van der Waals surface area (Å²) < 4.78 is 12.8. The number of halogens is 1. The Balaban J connectivity index is 1.92. The maximum absolute atomic E-state index is 12.8. The normalized spacial score (nSPS) is 16.6. The largest absolute Gasteiger partial charge is 0.341 e. The van der Waals surface area contributed by atoms with E-state index in [-0.39, 0.29) is 17.6 Å². The van der Waals surface area contributed by atoms with Crippen LogP contribution in [0.5, 0.6) is 0 Å². The van der Waals surface area contributed by atoms with Crippen molar-refractivity contribution in [3.8, 4) is 0 Å². The van der Waals surface area contributed by atoms with Gasteiger partial charge in [-0.25, -0.2) is 4.39 Å². The van der Waals surface area contributed by atoms with E-state index in [1.165, 1.54) is 31.4 Å². The molecule has 3 heteroatoms. The molecule has 0 heterocycles. The molecule has 0 aromatic heterocycles. The van der Waals surface area contributed by atoms with Crippen LogP contribution in [-0.4, -0.2) is 17.9 Å². The van der Waals surface area contributed by atoms with E-state index in [9.17, 15) is 9.18 Å². The minimum atomic E-state index is -0.236. The third kappa shape index (κ3) is 3.31. The summed E-state index contributed by atoms with van der Waals surface area (Å²) >= 11 is 0. The number of amides is 1. The molecule has 1 fully saturated rings. The molecule has 0 spiro atoms. The summed E-state index contributed by atoms with van der Waals surface area (Å²) in [6.07, 6.45) is 5.63. The molecule has 1 aliphatic rings. The van der Waals surface area contributed by atoms with E-state index < -0.39 is 0 Å². The lowest BCUT2D eigenvalue weighted by atomic mass is 9.88. The Morgan fingerprint density at radius 1 is 1.22 bits per heavy atom. The molecule has 18 heavy (non-hydrogen) atoms. The first-order valence-electron chi connectivity index (χ1n) is 6.66. The number of rotatable bonds is 3. The number of carbonyl (C=O) groups is 1. The Morgan fingerprint density at radius 2 is 1.83 bits per heavy atom. The molecule has 0 radical (unpaired) electrons. The Labute approximate surface area is 108 Å². The van der Waals surface area contributed by atoms with Crippen molar-refractivity contribution in [2.45, 2.75) is 38.6 Å². The number of benzene rings is 1. The molecule has 98 valence electrons. The number of hydrogen-bond acceptors (Lipinski definition) is 1. The lowest BCUT2D eigenvalue weighted by molar-refractivity contribution is -0.135. The van der Waals surface area contributed by atoms with Gasteiger partial charge in [0.15, 0.2) is 0 Å². The summed E-state index contributed by atoms with van der Waals surface area (Å²) in [5.74, 6) is 0.197. The summed E-state index contributed by atoms with van der Waals surface area (Å²) in [7, 11) is 1.83. The molecule has 0 bridgehead atoms. The molecular formula is C15H20FNO. The van der Waals surface area contributed by atoms with E-state index in [0.29, 0.717) is 6.54 Å². The van der Waals surface area contributed by atoms with Crippen LogP contribution in [0.2, 0.25) is 0 Å². The zero-order valence-corrected chi connectivity index (χ0v) is 10.9. The molecule has 1 aromatic carbocycles. The SMILES string of the molecule is CN(Cc1ccc(F)cc1)C(=O)C1CCCCC1. The Kier molecular flexibility index (Phi) is 4.34. The van der Waals surface area contributed by atoms with Gasteiger partial charge in [-0.3, -0.25) is 4.79 Å². The lowest BCUT2D eigenvalue weighted by Gasteiger charge is -2.26. The van der Waals surface area contributed by atoms with Gasteiger partial charge in [0.1, 0.15) is 5.82 Å². The quantitative estimate of drug-likeness (QED) is 0.804. The molecule has 1 saturated carbocycles. The van der Waals surface area contributed by atoms with E-state index in [0.717, 1.165) is 18.4 Å². The minimum absolute atomic E-state index is 0.198. The van der Waals surface area contributed by atoms with Crippen LogP contribution in [0.4, 0.5) is 4.39 Å². The first kappa shape index (κ1) is 13.1. The van der Waals surface area contributed by atoms with Crippen molar-refractivity contribution < 1.29 is 9.18 Å². The lowest BCUT2D eigenvalue weighted by Crippen LogP contribution is -2.33. The van der Waals surface area contributed by atoms with E-state index in [2.05, 4.69) is 0 Å². The smallest absolute Gasteiger partial charge is 0.225 e. The van der Waals surface area contributed by atoms with E-state index in [1.807, 2.05) is 7.05 Å². The second kappa shape index (κ2) is 5.98. The fourth-order valence-electron chi connectivity index (χ4n) is 2.60. The van der Waals surface area contributed by atoms with Crippen molar-refractivity contribution in [3.05, 3.63) is 35.6 Å². The molecule has 0 unspecified atom stereocenters. The molecule has 1 aliphatic carbocycles.